The number of ether oxygens (including phenoxy) is 2. The summed E-state index contributed by atoms with van der Waals surface area (Å²) in [5, 5.41) is 8.25. The molecule has 0 aliphatic carbocycles. The Morgan fingerprint density at radius 1 is 1.33 bits per heavy atom. The van der Waals surface area contributed by atoms with E-state index in [1.807, 2.05) is 6.07 Å². The van der Waals surface area contributed by atoms with Gasteiger partial charge in [0.05, 0.1) is 19.3 Å². The Morgan fingerprint density at radius 3 is 2.42 bits per heavy atom. The molecule has 12 heavy (non-hydrogen) atoms. The molecular formula is C8H12FNO2. The summed E-state index contributed by atoms with van der Waals surface area (Å²) in [5.74, 6) is 0. The summed E-state index contributed by atoms with van der Waals surface area (Å²) in [4.78, 5) is 0. The zero-order valence-corrected chi connectivity index (χ0v) is 6.88. The van der Waals surface area contributed by atoms with E-state index in [1.165, 1.54) is 0 Å². The molecule has 0 aromatic carbocycles. The lowest BCUT2D eigenvalue weighted by Gasteiger charge is -2.21. The molecule has 0 amide bonds. The number of hydrogen-bond acceptors (Lipinski definition) is 3. The molecule has 0 atom stereocenters. The molecule has 1 saturated heterocycles. The van der Waals surface area contributed by atoms with Crippen LogP contribution in [-0.2, 0) is 9.47 Å². The number of nitriles is 1. The van der Waals surface area contributed by atoms with Crippen LogP contribution in [0.4, 0.5) is 4.39 Å². The predicted octanol–water partition coefficient (Wildman–Crippen LogP) is 1.74. The van der Waals surface area contributed by atoms with E-state index in [2.05, 4.69) is 0 Å². The molecule has 1 aliphatic rings. The minimum atomic E-state index is -2.01. The highest BCUT2D eigenvalue weighted by Gasteiger charge is 2.32. The van der Waals surface area contributed by atoms with Crippen LogP contribution in [0.5, 0.6) is 0 Å². The summed E-state index contributed by atoms with van der Waals surface area (Å²) in [6, 6.07) is -0.147. The van der Waals surface area contributed by atoms with Crippen LogP contribution in [0.25, 0.3) is 0 Å². The van der Waals surface area contributed by atoms with Gasteiger partial charge in [-0.05, 0) is 12.8 Å². The lowest BCUT2D eigenvalue weighted by Crippen LogP contribution is -2.29. The minimum absolute atomic E-state index is 0.00347. The summed E-state index contributed by atoms with van der Waals surface area (Å²) in [6.07, 6.45) is 1.76. The van der Waals surface area contributed by atoms with E-state index in [0.717, 1.165) is 12.8 Å². The molecular weight excluding hydrogens is 161 g/mol. The van der Waals surface area contributed by atoms with Crippen LogP contribution in [0.15, 0.2) is 0 Å². The van der Waals surface area contributed by atoms with Crippen LogP contribution in [0.1, 0.15) is 25.7 Å². The number of hydrogen-bond donors (Lipinski definition) is 0. The number of nitrogens with zero attached hydrogens (tertiary/aromatic N) is 1. The molecule has 1 heterocycles. The number of rotatable bonds is 2. The fourth-order valence-electron chi connectivity index (χ4n) is 1.04. The summed E-state index contributed by atoms with van der Waals surface area (Å²) in [7, 11) is 0. The zero-order valence-electron chi connectivity index (χ0n) is 6.88. The fraction of sp³-hybridized carbons (Fsp3) is 0.875. The number of alkyl halides is 1. The first-order valence-electron chi connectivity index (χ1n) is 4.11. The SMILES string of the molecule is N#CCCC1(F)OCCCCO1. The van der Waals surface area contributed by atoms with E-state index in [0.29, 0.717) is 13.2 Å². The third-order valence-electron chi connectivity index (χ3n) is 1.71. The van der Waals surface area contributed by atoms with E-state index >= 15 is 0 Å². The van der Waals surface area contributed by atoms with Crippen molar-refractivity contribution in [2.24, 2.45) is 0 Å². The van der Waals surface area contributed by atoms with Gasteiger partial charge in [0.1, 0.15) is 0 Å². The standard InChI is InChI=1S/C8H12FNO2/c9-8(4-3-5-10)11-6-1-2-7-12-8/h1-4,6-7H2. The van der Waals surface area contributed by atoms with Gasteiger partial charge < -0.3 is 9.47 Å². The average Bonchev–Trinajstić information content (AvgIpc) is 2.27. The Kier molecular flexibility index (Phi) is 3.45. The van der Waals surface area contributed by atoms with Gasteiger partial charge in [-0.15, -0.1) is 0 Å². The Morgan fingerprint density at radius 2 is 1.92 bits per heavy atom. The molecule has 1 aliphatic heterocycles. The van der Waals surface area contributed by atoms with Crippen molar-refractivity contribution in [2.45, 2.75) is 31.7 Å². The second-order valence-corrected chi connectivity index (χ2v) is 2.72. The molecule has 0 unspecified atom stereocenters. The molecule has 4 heteroatoms. The van der Waals surface area contributed by atoms with Crippen molar-refractivity contribution in [1.82, 2.24) is 0 Å². The van der Waals surface area contributed by atoms with Gasteiger partial charge in [0.25, 0.3) is 0 Å². The van der Waals surface area contributed by atoms with Crippen molar-refractivity contribution in [2.75, 3.05) is 13.2 Å². The van der Waals surface area contributed by atoms with Gasteiger partial charge in [0, 0.05) is 12.8 Å². The third kappa shape index (κ3) is 2.76. The van der Waals surface area contributed by atoms with Gasteiger partial charge in [-0.25, -0.2) is 0 Å². The van der Waals surface area contributed by atoms with Gasteiger partial charge in [0.15, 0.2) is 0 Å². The highest BCUT2D eigenvalue weighted by atomic mass is 19.2. The van der Waals surface area contributed by atoms with Crippen LogP contribution in [-0.4, -0.2) is 19.3 Å². The Hall–Kier alpha value is -0.660. The second-order valence-electron chi connectivity index (χ2n) is 2.72. The van der Waals surface area contributed by atoms with E-state index in [-0.39, 0.29) is 12.8 Å². The van der Waals surface area contributed by atoms with Crippen LogP contribution in [0, 0.1) is 11.3 Å². The topological polar surface area (TPSA) is 42.2 Å². The highest BCUT2D eigenvalue weighted by molar-refractivity contribution is 4.73. The summed E-state index contributed by atoms with van der Waals surface area (Å²) >= 11 is 0. The molecule has 0 N–H and O–H groups in total. The normalized spacial score (nSPS) is 22.7. The first-order chi connectivity index (χ1) is 5.77. The van der Waals surface area contributed by atoms with Crippen molar-refractivity contribution in [1.29, 1.82) is 5.26 Å². The largest absolute Gasteiger partial charge is 0.324 e. The fourth-order valence-corrected chi connectivity index (χ4v) is 1.04. The molecule has 0 bridgehead atoms. The molecule has 1 fully saturated rings. The first kappa shape index (κ1) is 9.43. The van der Waals surface area contributed by atoms with Gasteiger partial charge in [-0.3, -0.25) is 0 Å². The first-order valence-corrected chi connectivity index (χ1v) is 4.11. The van der Waals surface area contributed by atoms with Crippen LogP contribution in [0.3, 0.4) is 0 Å². The molecule has 1 rings (SSSR count). The molecule has 0 aromatic heterocycles. The third-order valence-corrected chi connectivity index (χ3v) is 1.71. The summed E-state index contributed by atoms with van der Waals surface area (Å²) in [5.41, 5.74) is 0. The van der Waals surface area contributed by atoms with Gasteiger partial charge in [-0.1, -0.05) is 0 Å². The van der Waals surface area contributed by atoms with Crippen molar-refractivity contribution in [3.63, 3.8) is 0 Å². The molecule has 0 spiro atoms. The van der Waals surface area contributed by atoms with E-state index in [1.54, 1.807) is 0 Å². The van der Waals surface area contributed by atoms with E-state index in [4.69, 9.17) is 14.7 Å². The van der Waals surface area contributed by atoms with Crippen molar-refractivity contribution in [3.8, 4) is 6.07 Å². The van der Waals surface area contributed by atoms with Gasteiger partial charge >= 0.3 is 6.04 Å². The molecule has 0 aromatic rings. The lowest BCUT2D eigenvalue weighted by atomic mass is 10.3. The maximum atomic E-state index is 13.4. The lowest BCUT2D eigenvalue weighted by molar-refractivity contribution is -0.309. The highest BCUT2D eigenvalue weighted by Crippen LogP contribution is 2.24. The van der Waals surface area contributed by atoms with E-state index < -0.39 is 6.04 Å². The Balaban J connectivity index is 2.38. The predicted molar refractivity (Wildman–Crippen MR) is 39.8 cm³/mol. The Labute approximate surface area is 71.1 Å². The zero-order chi connectivity index (χ0) is 8.86. The van der Waals surface area contributed by atoms with Crippen molar-refractivity contribution >= 4 is 0 Å². The molecule has 68 valence electrons. The Bertz CT molecular complexity index is 170. The van der Waals surface area contributed by atoms with Crippen molar-refractivity contribution in [3.05, 3.63) is 0 Å². The summed E-state index contributed by atoms with van der Waals surface area (Å²) < 4.78 is 23.1. The van der Waals surface area contributed by atoms with Gasteiger partial charge in [0.2, 0.25) is 0 Å². The molecule has 0 radical (unpaired) electrons. The van der Waals surface area contributed by atoms with Crippen LogP contribution < -0.4 is 0 Å². The summed E-state index contributed by atoms with van der Waals surface area (Å²) in [6.45, 7) is 0.754. The smallest absolute Gasteiger partial charge is 0.321 e. The minimum Gasteiger partial charge on any atom is -0.324 e. The van der Waals surface area contributed by atoms with Crippen LogP contribution >= 0.6 is 0 Å². The number of halogens is 1. The van der Waals surface area contributed by atoms with E-state index in [9.17, 15) is 4.39 Å². The van der Waals surface area contributed by atoms with Gasteiger partial charge in [-0.2, -0.15) is 9.65 Å². The maximum absolute atomic E-state index is 13.4. The second kappa shape index (κ2) is 4.39. The average molecular weight is 173 g/mol. The quantitative estimate of drug-likeness (QED) is 0.638. The maximum Gasteiger partial charge on any atom is 0.321 e. The molecule has 0 saturated carbocycles. The van der Waals surface area contributed by atoms with Crippen molar-refractivity contribution < 1.29 is 13.9 Å². The monoisotopic (exact) mass is 173 g/mol. The molecule has 3 nitrogen and oxygen atoms in total. The van der Waals surface area contributed by atoms with Crippen LogP contribution in [0.2, 0.25) is 0 Å².